The first-order valence-corrected chi connectivity index (χ1v) is 7.77. The van der Waals surface area contributed by atoms with E-state index in [2.05, 4.69) is 10.6 Å². The summed E-state index contributed by atoms with van der Waals surface area (Å²) in [4.78, 5) is 25.8. The Morgan fingerprint density at radius 2 is 2.37 bits per heavy atom. The molecule has 2 unspecified atom stereocenters. The molecule has 2 amide bonds. The Kier molecular flexibility index (Phi) is 5.47. The summed E-state index contributed by atoms with van der Waals surface area (Å²) in [7, 11) is 1.58. The summed E-state index contributed by atoms with van der Waals surface area (Å²) < 4.78 is 5.30. The topological polar surface area (TPSA) is 70.7 Å². The van der Waals surface area contributed by atoms with Crippen LogP contribution in [0.3, 0.4) is 0 Å². The molecule has 0 aromatic rings. The van der Waals surface area contributed by atoms with Crippen LogP contribution in [0.1, 0.15) is 6.42 Å². The lowest BCUT2D eigenvalue weighted by Crippen LogP contribution is -2.56. The molecule has 19 heavy (non-hydrogen) atoms. The predicted molar refractivity (Wildman–Crippen MR) is 74.1 cm³/mol. The zero-order chi connectivity index (χ0) is 13.7. The molecule has 0 spiro atoms. The minimum Gasteiger partial charge on any atom is -0.377 e. The number of hydrogen-bond donors (Lipinski definition) is 2. The molecule has 2 aliphatic heterocycles. The van der Waals surface area contributed by atoms with Crippen molar-refractivity contribution in [1.82, 2.24) is 15.5 Å². The second-order valence-corrected chi connectivity index (χ2v) is 5.87. The fourth-order valence-electron chi connectivity index (χ4n) is 2.36. The number of hydrogen-bond acceptors (Lipinski definition) is 5. The molecule has 2 saturated heterocycles. The molecule has 2 aliphatic rings. The van der Waals surface area contributed by atoms with Gasteiger partial charge in [0.25, 0.3) is 0 Å². The van der Waals surface area contributed by atoms with Gasteiger partial charge in [0.05, 0.1) is 13.2 Å². The highest BCUT2D eigenvalue weighted by atomic mass is 32.2. The fraction of sp³-hybridized carbons (Fsp3) is 0.833. The fourth-order valence-corrected chi connectivity index (χ4v) is 3.31. The van der Waals surface area contributed by atoms with E-state index in [1.807, 2.05) is 11.8 Å². The molecule has 2 fully saturated rings. The van der Waals surface area contributed by atoms with Crippen LogP contribution in [-0.2, 0) is 14.3 Å². The van der Waals surface area contributed by atoms with E-state index in [0.717, 1.165) is 18.1 Å². The molecule has 0 radical (unpaired) electrons. The quantitative estimate of drug-likeness (QED) is 0.701. The Morgan fingerprint density at radius 3 is 3.05 bits per heavy atom. The highest BCUT2D eigenvalue weighted by molar-refractivity contribution is 7.99. The van der Waals surface area contributed by atoms with Gasteiger partial charge in [-0.15, -0.1) is 0 Å². The number of nitrogens with one attached hydrogen (secondary N) is 2. The summed E-state index contributed by atoms with van der Waals surface area (Å²) in [5, 5.41) is 5.94. The van der Waals surface area contributed by atoms with Gasteiger partial charge >= 0.3 is 0 Å². The monoisotopic (exact) mass is 287 g/mol. The molecule has 0 aromatic heterocycles. The molecule has 6 nitrogen and oxygen atoms in total. The van der Waals surface area contributed by atoms with E-state index in [0.29, 0.717) is 19.6 Å². The van der Waals surface area contributed by atoms with Crippen molar-refractivity contribution in [3.05, 3.63) is 0 Å². The van der Waals surface area contributed by atoms with Crippen molar-refractivity contribution < 1.29 is 14.3 Å². The number of morpholine rings is 1. The summed E-state index contributed by atoms with van der Waals surface area (Å²) in [5.41, 5.74) is 0. The van der Waals surface area contributed by atoms with Gasteiger partial charge in [-0.1, -0.05) is 0 Å². The lowest BCUT2D eigenvalue weighted by atomic mass is 10.1. The standard InChI is InChI=1S/C12H21N3O3S/c1-13-12(17)10-7-18-4-3-15(10)11(16)6-9-8-19-5-2-14-9/h9-10,14H,2-8H2,1H3,(H,13,17). The minimum absolute atomic E-state index is 0.0388. The lowest BCUT2D eigenvalue weighted by molar-refractivity contribution is -0.148. The van der Waals surface area contributed by atoms with Crippen molar-refractivity contribution in [3.8, 4) is 0 Å². The number of ether oxygens (including phenoxy) is 1. The summed E-state index contributed by atoms with van der Waals surface area (Å²) in [5.74, 6) is 1.94. The van der Waals surface area contributed by atoms with Gasteiger partial charge in [-0.3, -0.25) is 9.59 Å². The second-order valence-electron chi connectivity index (χ2n) is 4.72. The largest absolute Gasteiger partial charge is 0.377 e. The third kappa shape index (κ3) is 3.84. The maximum Gasteiger partial charge on any atom is 0.244 e. The molecule has 0 aromatic carbocycles. The van der Waals surface area contributed by atoms with Crippen LogP contribution in [0.15, 0.2) is 0 Å². The molecule has 0 saturated carbocycles. The number of carbonyl (C=O) groups excluding carboxylic acids is 2. The van der Waals surface area contributed by atoms with Gasteiger partial charge in [0.15, 0.2) is 0 Å². The normalized spacial score (nSPS) is 27.9. The van der Waals surface area contributed by atoms with Crippen LogP contribution in [0.25, 0.3) is 0 Å². The van der Waals surface area contributed by atoms with Crippen molar-refractivity contribution in [2.75, 3.05) is 44.9 Å². The first kappa shape index (κ1) is 14.6. The molecule has 2 rings (SSSR count). The Morgan fingerprint density at radius 1 is 1.53 bits per heavy atom. The third-order valence-electron chi connectivity index (χ3n) is 3.42. The summed E-state index contributed by atoms with van der Waals surface area (Å²) >= 11 is 1.87. The average Bonchev–Trinajstić information content (AvgIpc) is 2.47. The van der Waals surface area contributed by atoms with Gasteiger partial charge in [0.1, 0.15) is 6.04 Å². The first-order chi connectivity index (χ1) is 9.22. The van der Waals surface area contributed by atoms with E-state index in [4.69, 9.17) is 4.74 Å². The molecule has 2 atom stereocenters. The lowest BCUT2D eigenvalue weighted by Gasteiger charge is -2.35. The third-order valence-corrected chi connectivity index (χ3v) is 4.55. The van der Waals surface area contributed by atoms with E-state index in [1.165, 1.54) is 0 Å². The van der Waals surface area contributed by atoms with Crippen LogP contribution in [0.4, 0.5) is 0 Å². The van der Waals surface area contributed by atoms with Gasteiger partial charge in [-0.05, 0) is 0 Å². The first-order valence-electron chi connectivity index (χ1n) is 6.62. The zero-order valence-corrected chi connectivity index (χ0v) is 12.0. The van der Waals surface area contributed by atoms with Crippen LogP contribution in [-0.4, -0.2) is 73.7 Å². The Bertz CT molecular complexity index is 334. The molecule has 0 aliphatic carbocycles. The van der Waals surface area contributed by atoms with E-state index < -0.39 is 6.04 Å². The number of nitrogens with zero attached hydrogens (tertiary/aromatic N) is 1. The molecular weight excluding hydrogens is 266 g/mol. The summed E-state index contributed by atoms with van der Waals surface area (Å²) in [6.07, 6.45) is 0.459. The summed E-state index contributed by atoms with van der Waals surface area (Å²) in [6, 6.07) is -0.262. The average molecular weight is 287 g/mol. The number of thioether (sulfide) groups is 1. The van der Waals surface area contributed by atoms with Gasteiger partial charge in [-0.25, -0.2) is 0 Å². The van der Waals surface area contributed by atoms with Crippen LogP contribution in [0.2, 0.25) is 0 Å². The van der Waals surface area contributed by atoms with Crippen LogP contribution in [0.5, 0.6) is 0 Å². The maximum atomic E-state index is 12.3. The molecule has 7 heteroatoms. The predicted octanol–water partition coefficient (Wildman–Crippen LogP) is -0.945. The van der Waals surface area contributed by atoms with E-state index in [9.17, 15) is 9.59 Å². The molecule has 108 valence electrons. The SMILES string of the molecule is CNC(=O)C1COCCN1C(=O)CC1CSCCN1. The minimum atomic E-state index is -0.484. The van der Waals surface area contributed by atoms with Crippen LogP contribution in [0, 0.1) is 0 Å². The van der Waals surface area contributed by atoms with Gasteiger partial charge in [0, 0.05) is 44.1 Å². The van der Waals surface area contributed by atoms with Crippen LogP contribution < -0.4 is 10.6 Å². The molecular formula is C12H21N3O3S. The van der Waals surface area contributed by atoms with Crippen molar-refractivity contribution in [2.45, 2.75) is 18.5 Å². The maximum absolute atomic E-state index is 12.3. The molecule has 2 N–H and O–H groups in total. The molecule has 0 bridgehead atoms. The van der Waals surface area contributed by atoms with Gasteiger partial charge < -0.3 is 20.3 Å². The highest BCUT2D eigenvalue weighted by Crippen LogP contribution is 2.14. The number of carbonyl (C=O) groups is 2. The zero-order valence-electron chi connectivity index (χ0n) is 11.2. The van der Waals surface area contributed by atoms with E-state index >= 15 is 0 Å². The van der Waals surface area contributed by atoms with Crippen LogP contribution >= 0.6 is 11.8 Å². The number of likely N-dealkylation sites (N-methyl/N-ethyl adjacent to an activating group) is 1. The smallest absolute Gasteiger partial charge is 0.244 e. The van der Waals surface area contributed by atoms with E-state index in [-0.39, 0.29) is 24.5 Å². The Balaban J connectivity index is 1.92. The Hall–Kier alpha value is -0.790. The van der Waals surface area contributed by atoms with Crippen molar-refractivity contribution >= 4 is 23.6 Å². The van der Waals surface area contributed by atoms with Crippen molar-refractivity contribution in [1.29, 1.82) is 0 Å². The second kappa shape index (κ2) is 7.12. The van der Waals surface area contributed by atoms with Gasteiger partial charge in [-0.2, -0.15) is 11.8 Å². The number of rotatable bonds is 3. The Labute approximate surface area is 117 Å². The number of amides is 2. The van der Waals surface area contributed by atoms with Gasteiger partial charge in [0.2, 0.25) is 11.8 Å². The van der Waals surface area contributed by atoms with Crippen molar-refractivity contribution in [2.24, 2.45) is 0 Å². The van der Waals surface area contributed by atoms with E-state index in [1.54, 1.807) is 11.9 Å². The van der Waals surface area contributed by atoms with Crippen molar-refractivity contribution in [3.63, 3.8) is 0 Å². The summed E-state index contributed by atoms with van der Waals surface area (Å²) in [6.45, 7) is 2.24. The highest BCUT2D eigenvalue weighted by Gasteiger charge is 2.33. The molecule has 2 heterocycles.